The largest absolute Gasteiger partial charge is 0.519 e. The van der Waals surface area contributed by atoms with E-state index in [-0.39, 0.29) is 5.56 Å². The van der Waals surface area contributed by atoms with Gasteiger partial charge in [0.1, 0.15) is 0 Å². The summed E-state index contributed by atoms with van der Waals surface area (Å²) >= 11 is 0. The number of carbonyl (C=O) groups is 1. The topological polar surface area (TPSA) is 80.6 Å². The first-order valence-corrected chi connectivity index (χ1v) is 4.84. The van der Waals surface area contributed by atoms with Crippen molar-refractivity contribution in [3.63, 3.8) is 0 Å². The highest BCUT2D eigenvalue weighted by atomic mass is 19.4. The van der Waals surface area contributed by atoms with Crippen LogP contribution in [-0.4, -0.2) is 11.1 Å². The zero-order valence-electron chi connectivity index (χ0n) is 9.02. The number of aromatic carboxylic acids is 1. The molecule has 0 spiro atoms. The molecule has 0 unspecified atom stereocenters. The van der Waals surface area contributed by atoms with Crippen LogP contribution >= 0.6 is 0 Å². The highest BCUT2D eigenvalue weighted by Crippen LogP contribution is 2.31. The van der Waals surface area contributed by atoms with Gasteiger partial charge < -0.3 is 13.9 Å². The van der Waals surface area contributed by atoms with Crippen LogP contribution in [0.15, 0.2) is 37.9 Å². The second-order valence-electron chi connectivity index (χ2n) is 3.49. The van der Waals surface area contributed by atoms with Crippen LogP contribution in [0.5, 0.6) is 0 Å². The Morgan fingerprint density at radius 3 is 2.16 bits per heavy atom. The molecule has 100 valence electrons. The van der Waals surface area contributed by atoms with Crippen LogP contribution < -0.4 is 5.82 Å². The van der Waals surface area contributed by atoms with Gasteiger partial charge in [0.05, 0.1) is 5.56 Å². The number of carboxylic acid groups (broad SMARTS) is 1. The minimum absolute atomic E-state index is 0.00347. The van der Waals surface area contributed by atoms with Crippen LogP contribution in [-0.2, 0) is 6.18 Å². The first kappa shape index (κ1) is 12.9. The van der Waals surface area contributed by atoms with Crippen LogP contribution in [0.25, 0.3) is 11.3 Å². The third-order valence-corrected chi connectivity index (χ3v) is 2.25. The maximum Gasteiger partial charge on any atom is 0.519 e. The van der Waals surface area contributed by atoms with Gasteiger partial charge in [-0.25, -0.2) is 9.59 Å². The van der Waals surface area contributed by atoms with Crippen LogP contribution in [0, 0.1) is 0 Å². The van der Waals surface area contributed by atoms with Crippen molar-refractivity contribution in [1.29, 1.82) is 0 Å². The van der Waals surface area contributed by atoms with Gasteiger partial charge in [-0.05, 0) is 12.1 Å². The van der Waals surface area contributed by atoms with Gasteiger partial charge in [-0.15, -0.1) is 0 Å². The smallest absolute Gasteiger partial charge is 0.475 e. The van der Waals surface area contributed by atoms with E-state index in [4.69, 9.17) is 5.11 Å². The molecule has 0 amide bonds. The molecule has 8 heteroatoms. The molecule has 1 N–H and O–H groups in total. The second-order valence-corrected chi connectivity index (χ2v) is 3.49. The fourth-order valence-electron chi connectivity index (χ4n) is 1.42. The van der Waals surface area contributed by atoms with E-state index < -0.39 is 35.1 Å². The minimum atomic E-state index is -4.51. The summed E-state index contributed by atoms with van der Waals surface area (Å²) in [6.45, 7) is 0. The van der Waals surface area contributed by atoms with Gasteiger partial charge >= 0.3 is 18.0 Å². The second kappa shape index (κ2) is 4.30. The predicted octanol–water partition coefficient (Wildman–Crippen LogP) is 2.62. The van der Waals surface area contributed by atoms with Crippen molar-refractivity contribution in [3.8, 4) is 11.3 Å². The summed E-state index contributed by atoms with van der Waals surface area (Å²) in [5, 5.41) is 8.75. The van der Waals surface area contributed by atoms with Gasteiger partial charge in [0.15, 0.2) is 5.76 Å². The lowest BCUT2D eigenvalue weighted by Crippen LogP contribution is -2.04. The summed E-state index contributed by atoms with van der Waals surface area (Å²) in [7, 11) is 0. The minimum Gasteiger partial charge on any atom is -0.475 e. The summed E-state index contributed by atoms with van der Waals surface area (Å²) in [5.41, 5.74) is -0.907. The maximum absolute atomic E-state index is 12.3. The molecule has 0 aliphatic heterocycles. The van der Waals surface area contributed by atoms with E-state index in [2.05, 4.69) is 8.83 Å². The molecule has 2 rings (SSSR count). The van der Waals surface area contributed by atoms with Crippen molar-refractivity contribution in [1.82, 2.24) is 0 Å². The first-order valence-electron chi connectivity index (χ1n) is 4.84. The Kier molecular flexibility index (Phi) is 2.93. The van der Waals surface area contributed by atoms with Gasteiger partial charge in [0.2, 0.25) is 0 Å². The summed E-state index contributed by atoms with van der Waals surface area (Å²) in [6, 6.07) is 3.47. The SMILES string of the molecule is O=C(O)c1oc(=O)oc1-c1ccc(C(F)(F)F)cc1. The number of carboxylic acids is 1. The predicted molar refractivity (Wildman–Crippen MR) is 54.6 cm³/mol. The zero-order valence-corrected chi connectivity index (χ0v) is 9.02. The van der Waals surface area contributed by atoms with E-state index in [1.807, 2.05) is 0 Å². The molecule has 0 aliphatic carbocycles. The molecule has 0 aliphatic rings. The number of benzene rings is 1. The van der Waals surface area contributed by atoms with Gasteiger partial charge in [0.25, 0.3) is 5.76 Å². The Morgan fingerprint density at radius 2 is 1.68 bits per heavy atom. The van der Waals surface area contributed by atoms with Crippen LogP contribution in [0.4, 0.5) is 13.2 Å². The van der Waals surface area contributed by atoms with E-state index in [0.29, 0.717) is 0 Å². The molecule has 0 saturated heterocycles. The Morgan fingerprint density at radius 1 is 1.11 bits per heavy atom. The molecule has 2 aromatic rings. The van der Waals surface area contributed by atoms with E-state index >= 15 is 0 Å². The van der Waals surface area contributed by atoms with Crippen LogP contribution in [0.3, 0.4) is 0 Å². The number of halogens is 3. The lowest BCUT2D eigenvalue weighted by molar-refractivity contribution is -0.137. The molecular formula is C11H5F3O5. The summed E-state index contributed by atoms with van der Waals surface area (Å²) < 4.78 is 45.8. The fourth-order valence-corrected chi connectivity index (χ4v) is 1.42. The van der Waals surface area contributed by atoms with Gasteiger partial charge in [0, 0.05) is 5.56 Å². The molecule has 19 heavy (non-hydrogen) atoms. The van der Waals surface area contributed by atoms with E-state index in [1.54, 1.807) is 0 Å². The van der Waals surface area contributed by atoms with E-state index in [0.717, 1.165) is 24.3 Å². The van der Waals surface area contributed by atoms with E-state index in [9.17, 15) is 22.8 Å². The van der Waals surface area contributed by atoms with Gasteiger partial charge in [-0.3, -0.25) is 0 Å². The van der Waals surface area contributed by atoms with Gasteiger partial charge in [-0.2, -0.15) is 13.2 Å². The average Bonchev–Trinajstić information content (AvgIpc) is 2.70. The molecule has 0 radical (unpaired) electrons. The Labute approximate surface area is 102 Å². The number of alkyl halides is 3. The van der Waals surface area contributed by atoms with Crippen molar-refractivity contribution in [2.45, 2.75) is 6.18 Å². The summed E-state index contributed by atoms with van der Waals surface area (Å²) in [6.07, 6.45) is -4.51. The Bertz CT molecular complexity index is 663. The lowest BCUT2D eigenvalue weighted by Gasteiger charge is -2.06. The normalized spacial score (nSPS) is 11.5. The number of hydrogen-bond acceptors (Lipinski definition) is 4. The molecular weight excluding hydrogens is 269 g/mol. The Hall–Kier alpha value is -2.51. The quantitative estimate of drug-likeness (QED) is 0.910. The highest BCUT2D eigenvalue weighted by Gasteiger charge is 2.30. The first-order chi connectivity index (χ1) is 8.79. The van der Waals surface area contributed by atoms with Crippen LogP contribution in [0.2, 0.25) is 0 Å². The summed E-state index contributed by atoms with van der Waals surface area (Å²) in [4.78, 5) is 21.6. The van der Waals surface area contributed by atoms with Crippen molar-refractivity contribution < 1.29 is 31.9 Å². The number of rotatable bonds is 2. The van der Waals surface area contributed by atoms with Crippen molar-refractivity contribution in [2.24, 2.45) is 0 Å². The van der Waals surface area contributed by atoms with Crippen molar-refractivity contribution in [3.05, 3.63) is 46.2 Å². The molecule has 0 saturated carbocycles. The average molecular weight is 274 g/mol. The standard InChI is InChI=1S/C11H5F3O5/c12-11(13,14)6-3-1-5(2-4-6)7-8(9(15)16)19-10(17)18-7/h1-4H,(H,15,16). The third-order valence-electron chi connectivity index (χ3n) is 2.25. The monoisotopic (exact) mass is 274 g/mol. The molecule has 0 fully saturated rings. The maximum atomic E-state index is 12.3. The third kappa shape index (κ3) is 2.51. The van der Waals surface area contributed by atoms with Crippen LogP contribution in [0.1, 0.15) is 16.1 Å². The number of hydrogen-bond donors (Lipinski definition) is 1. The zero-order chi connectivity index (χ0) is 14.2. The lowest BCUT2D eigenvalue weighted by atomic mass is 10.1. The highest BCUT2D eigenvalue weighted by molar-refractivity contribution is 5.90. The van der Waals surface area contributed by atoms with E-state index in [1.165, 1.54) is 0 Å². The van der Waals surface area contributed by atoms with Gasteiger partial charge in [-0.1, -0.05) is 12.1 Å². The Balaban J connectivity index is 2.49. The van der Waals surface area contributed by atoms with Crippen molar-refractivity contribution in [2.75, 3.05) is 0 Å². The molecule has 1 aromatic heterocycles. The molecule has 0 bridgehead atoms. The molecule has 1 aromatic carbocycles. The fraction of sp³-hybridized carbons (Fsp3) is 0.0909. The molecule has 1 heterocycles. The van der Waals surface area contributed by atoms with Crippen molar-refractivity contribution >= 4 is 5.97 Å². The molecule has 0 atom stereocenters. The summed E-state index contributed by atoms with van der Waals surface area (Å²) in [5.74, 6) is -3.98. The molecule has 5 nitrogen and oxygen atoms in total.